The van der Waals surface area contributed by atoms with Gasteiger partial charge in [-0.3, -0.25) is 24.0 Å². The molecule has 36 heavy (non-hydrogen) atoms. The number of ether oxygens (including phenoxy) is 4. The van der Waals surface area contributed by atoms with Crippen LogP contribution in [-0.4, -0.2) is 79.7 Å². The number of oxime groups is 1. The number of para-hydroxylation sites is 1. The summed E-state index contributed by atoms with van der Waals surface area (Å²) >= 11 is 0. The van der Waals surface area contributed by atoms with E-state index in [-0.39, 0.29) is 5.71 Å². The highest BCUT2D eigenvalue weighted by molar-refractivity contribution is 6.54. The van der Waals surface area contributed by atoms with Gasteiger partial charge in [0, 0.05) is 40.3 Å². The summed E-state index contributed by atoms with van der Waals surface area (Å²) in [5.74, 6) is -3.08. The van der Waals surface area contributed by atoms with E-state index < -0.39 is 67.0 Å². The van der Waals surface area contributed by atoms with Gasteiger partial charge in [0.1, 0.15) is 18.8 Å². The van der Waals surface area contributed by atoms with Crippen molar-refractivity contribution in [2.24, 2.45) is 5.16 Å². The van der Waals surface area contributed by atoms with Crippen molar-refractivity contribution in [2.75, 3.05) is 18.6 Å². The van der Waals surface area contributed by atoms with Crippen LogP contribution in [0.2, 0.25) is 0 Å². The highest BCUT2D eigenvalue weighted by Gasteiger charge is 2.52. The Morgan fingerprint density at radius 1 is 1.00 bits per heavy atom. The highest BCUT2D eigenvalue weighted by Crippen LogP contribution is 2.30. The summed E-state index contributed by atoms with van der Waals surface area (Å²) < 4.78 is 21.6. The quantitative estimate of drug-likeness (QED) is 0.304. The molecule has 0 bridgehead atoms. The monoisotopic (exact) mass is 505 g/mol. The van der Waals surface area contributed by atoms with Crippen LogP contribution >= 0.6 is 0 Å². The zero-order valence-corrected chi connectivity index (χ0v) is 20.4. The lowest BCUT2D eigenvalue weighted by Crippen LogP contribution is -2.66. The molecule has 1 fully saturated rings. The molecule has 1 N–H and O–H groups in total. The zero-order chi connectivity index (χ0) is 26.6. The van der Waals surface area contributed by atoms with Crippen LogP contribution in [0.3, 0.4) is 0 Å². The molecule has 2 amide bonds. The average molecular weight is 505 g/mol. The van der Waals surface area contributed by atoms with Crippen LogP contribution < -0.4 is 10.2 Å². The van der Waals surface area contributed by atoms with Gasteiger partial charge in [-0.15, -0.1) is 0 Å². The molecule has 0 spiro atoms. The molecule has 5 atom stereocenters. The number of benzene rings is 1. The van der Waals surface area contributed by atoms with Gasteiger partial charge < -0.3 is 34.0 Å². The number of amides is 2. The maximum Gasteiger partial charge on any atom is 0.303 e. The van der Waals surface area contributed by atoms with Gasteiger partial charge in [0.25, 0.3) is 12.2 Å². The van der Waals surface area contributed by atoms with Gasteiger partial charge in [-0.1, -0.05) is 23.4 Å². The van der Waals surface area contributed by atoms with Crippen molar-refractivity contribution in [3.05, 3.63) is 29.8 Å². The molecule has 3 rings (SSSR count). The summed E-state index contributed by atoms with van der Waals surface area (Å²) in [7, 11) is 1.58. The summed E-state index contributed by atoms with van der Waals surface area (Å²) in [4.78, 5) is 66.9. The molecule has 194 valence electrons. The molecule has 0 saturated carbocycles. The number of nitrogens with one attached hydrogen (secondary N) is 1. The predicted octanol–water partition coefficient (Wildman–Crippen LogP) is 0.0398. The molecule has 5 unspecified atom stereocenters. The third-order valence-corrected chi connectivity index (χ3v) is 5.35. The SMILES string of the molecule is CC(=O)NC1C(O/N=C2/C(=O)N(C)c3ccccc32)OC(COC(C)=O)C(OC(C)=O)C1OC(C)=O. The lowest BCUT2D eigenvalue weighted by molar-refractivity contribution is -0.278. The van der Waals surface area contributed by atoms with Crippen LogP contribution in [0.5, 0.6) is 0 Å². The number of esters is 3. The van der Waals surface area contributed by atoms with Crippen molar-refractivity contribution in [1.82, 2.24) is 5.32 Å². The van der Waals surface area contributed by atoms with Crippen molar-refractivity contribution in [3.8, 4) is 0 Å². The average Bonchev–Trinajstić information content (AvgIpc) is 3.03. The Kier molecular flexibility index (Phi) is 8.25. The molecule has 2 aliphatic rings. The number of hydrogen-bond acceptors (Lipinski definition) is 11. The van der Waals surface area contributed by atoms with Gasteiger partial charge in [-0.2, -0.15) is 0 Å². The standard InChI is InChI=1S/C23H27N3O10/c1-11(27)24-19-21(34-14(4)30)20(33-13(3)29)17(10-32-12(2)28)35-23(19)36-25-18-15-8-6-7-9-16(15)26(5)22(18)31/h6-9,17,19-21,23H,10H2,1-5H3,(H,24,27)/b25-18+. The Labute approximate surface area is 206 Å². The van der Waals surface area contributed by atoms with Crippen LogP contribution in [0.4, 0.5) is 5.69 Å². The summed E-state index contributed by atoms with van der Waals surface area (Å²) in [5, 5.41) is 6.56. The topological polar surface area (TPSA) is 159 Å². The Morgan fingerprint density at radius 2 is 1.64 bits per heavy atom. The molecule has 13 heteroatoms. The van der Waals surface area contributed by atoms with E-state index in [9.17, 15) is 24.0 Å². The fourth-order valence-electron chi connectivity index (χ4n) is 3.92. The lowest BCUT2D eigenvalue weighted by Gasteiger charge is -2.43. The largest absolute Gasteiger partial charge is 0.463 e. The summed E-state index contributed by atoms with van der Waals surface area (Å²) in [6.45, 7) is 4.26. The number of nitrogens with zero attached hydrogens (tertiary/aromatic N) is 2. The van der Waals surface area contributed by atoms with E-state index in [1.54, 1.807) is 31.3 Å². The smallest absolute Gasteiger partial charge is 0.303 e. The van der Waals surface area contributed by atoms with E-state index in [1.165, 1.54) is 18.7 Å². The zero-order valence-electron chi connectivity index (χ0n) is 20.4. The van der Waals surface area contributed by atoms with Crippen LogP contribution in [0.25, 0.3) is 0 Å². The molecule has 1 saturated heterocycles. The fraction of sp³-hybridized carbons (Fsp3) is 0.478. The van der Waals surface area contributed by atoms with Gasteiger partial charge in [-0.05, 0) is 6.07 Å². The van der Waals surface area contributed by atoms with E-state index in [4.69, 9.17) is 23.8 Å². The number of likely N-dealkylation sites (N-methyl/N-ethyl adjacent to an activating group) is 1. The first kappa shape index (κ1) is 26.6. The summed E-state index contributed by atoms with van der Waals surface area (Å²) in [5.41, 5.74) is 1.12. The van der Waals surface area contributed by atoms with Gasteiger partial charge in [0.2, 0.25) is 5.91 Å². The second-order valence-corrected chi connectivity index (χ2v) is 8.15. The summed E-state index contributed by atoms with van der Waals surface area (Å²) in [6, 6.07) is 5.71. The van der Waals surface area contributed by atoms with Crippen LogP contribution in [0.1, 0.15) is 33.3 Å². The minimum atomic E-state index is -1.43. The first-order valence-corrected chi connectivity index (χ1v) is 11.0. The molecule has 2 heterocycles. The van der Waals surface area contributed by atoms with E-state index in [0.717, 1.165) is 13.8 Å². The molecule has 0 aliphatic carbocycles. The summed E-state index contributed by atoms with van der Waals surface area (Å²) in [6.07, 6.45) is -5.16. The Balaban J connectivity index is 1.99. The maximum atomic E-state index is 12.7. The van der Waals surface area contributed by atoms with Crippen molar-refractivity contribution in [2.45, 2.75) is 58.3 Å². The third-order valence-electron chi connectivity index (χ3n) is 5.35. The highest BCUT2D eigenvalue weighted by atomic mass is 16.8. The second kappa shape index (κ2) is 11.2. The van der Waals surface area contributed by atoms with Gasteiger partial charge in [-0.25, -0.2) is 0 Å². The fourth-order valence-corrected chi connectivity index (χ4v) is 3.92. The lowest BCUT2D eigenvalue weighted by atomic mass is 9.96. The minimum absolute atomic E-state index is 0.0130. The van der Waals surface area contributed by atoms with Gasteiger partial charge >= 0.3 is 17.9 Å². The van der Waals surface area contributed by atoms with E-state index in [1.807, 2.05) is 0 Å². The number of anilines is 1. The van der Waals surface area contributed by atoms with Crippen molar-refractivity contribution in [1.29, 1.82) is 0 Å². The van der Waals surface area contributed by atoms with E-state index in [0.29, 0.717) is 11.3 Å². The predicted molar refractivity (Wildman–Crippen MR) is 121 cm³/mol. The van der Waals surface area contributed by atoms with Crippen LogP contribution in [0, 0.1) is 0 Å². The molecule has 13 nitrogen and oxygen atoms in total. The maximum absolute atomic E-state index is 12.7. The Hall–Kier alpha value is -4.00. The van der Waals surface area contributed by atoms with Crippen LogP contribution in [0.15, 0.2) is 29.4 Å². The molecule has 1 aromatic carbocycles. The minimum Gasteiger partial charge on any atom is -0.463 e. The first-order chi connectivity index (χ1) is 17.0. The molecular formula is C23H27N3O10. The first-order valence-electron chi connectivity index (χ1n) is 11.0. The molecule has 2 aliphatic heterocycles. The number of carbonyl (C=O) groups is 5. The number of fused-ring (bicyclic) bond motifs is 1. The van der Waals surface area contributed by atoms with Gasteiger partial charge in [0.15, 0.2) is 17.9 Å². The molecule has 1 aromatic rings. The number of carbonyl (C=O) groups excluding carboxylic acids is 5. The molecule has 0 aromatic heterocycles. The van der Waals surface area contributed by atoms with E-state index >= 15 is 0 Å². The van der Waals surface area contributed by atoms with E-state index in [2.05, 4.69) is 10.5 Å². The normalized spacial score (nSPS) is 26.1. The second-order valence-electron chi connectivity index (χ2n) is 8.15. The molecular weight excluding hydrogens is 478 g/mol. The Morgan fingerprint density at radius 3 is 2.25 bits per heavy atom. The Bertz CT molecular complexity index is 1090. The van der Waals surface area contributed by atoms with Crippen LogP contribution in [-0.2, 0) is 47.8 Å². The van der Waals surface area contributed by atoms with Crippen molar-refractivity contribution >= 4 is 41.1 Å². The number of hydrogen-bond donors (Lipinski definition) is 1. The molecule has 0 radical (unpaired) electrons. The third kappa shape index (κ3) is 5.97. The van der Waals surface area contributed by atoms with Crippen molar-refractivity contribution in [3.63, 3.8) is 0 Å². The van der Waals surface area contributed by atoms with Crippen molar-refractivity contribution < 1.29 is 47.8 Å². The van der Waals surface area contributed by atoms with Gasteiger partial charge in [0.05, 0.1) is 5.69 Å². The number of rotatable bonds is 7.